The number of carboxylic acids is 2. The van der Waals surface area contributed by atoms with E-state index in [2.05, 4.69) is 0 Å². The van der Waals surface area contributed by atoms with Crippen molar-refractivity contribution < 1.29 is 19.8 Å². The van der Waals surface area contributed by atoms with Crippen LogP contribution >= 0.6 is 11.6 Å². The Morgan fingerprint density at radius 2 is 1.93 bits per heavy atom. The van der Waals surface area contributed by atoms with Crippen molar-refractivity contribution in [3.05, 3.63) is 34.3 Å². The number of benzene rings is 1. The monoisotopic (exact) mass is 229 g/mol. The van der Waals surface area contributed by atoms with Gasteiger partial charge in [-0.1, -0.05) is 17.7 Å². The molecule has 1 rings (SSSR count). The number of carboxylic acid groups (broad SMARTS) is 2. The summed E-state index contributed by atoms with van der Waals surface area (Å²) in [4.78, 5) is 21.1. The second-order valence-electron chi connectivity index (χ2n) is 2.86. The summed E-state index contributed by atoms with van der Waals surface area (Å²) in [5, 5.41) is 17.3. The highest BCUT2D eigenvalue weighted by Crippen LogP contribution is 2.23. The maximum atomic E-state index is 10.6. The number of hydrogen-bond acceptors (Lipinski definition) is 3. The molecule has 0 aliphatic carbocycles. The van der Waals surface area contributed by atoms with Crippen LogP contribution in [-0.4, -0.2) is 22.2 Å². The summed E-state index contributed by atoms with van der Waals surface area (Å²) in [5.74, 6) is -2.35. The molecule has 5 nitrogen and oxygen atoms in total. The zero-order valence-electron chi connectivity index (χ0n) is 7.48. The minimum atomic E-state index is -1.25. The van der Waals surface area contributed by atoms with E-state index in [9.17, 15) is 9.59 Å². The first-order valence-electron chi connectivity index (χ1n) is 3.94. The van der Waals surface area contributed by atoms with Gasteiger partial charge in [-0.3, -0.25) is 4.79 Å². The van der Waals surface area contributed by atoms with Gasteiger partial charge in [0.2, 0.25) is 0 Å². The lowest BCUT2D eigenvalue weighted by atomic mass is 10.1. The maximum Gasteiger partial charge on any atom is 0.335 e. The molecule has 0 saturated heterocycles. The van der Waals surface area contributed by atoms with E-state index in [1.807, 2.05) is 0 Å². The van der Waals surface area contributed by atoms with Crippen LogP contribution in [0.5, 0.6) is 0 Å². The van der Waals surface area contributed by atoms with Crippen molar-refractivity contribution in [3.8, 4) is 0 Å². The first-order chi connectivity index (χ1) is 6.93. The van der Waals surface area contributed by atoms with E-state index in [-0.39, 0.29) is 16.1 Å². The van der Waals surface area contributed by atoms with Gasteiger partial charge in [-0.25, -0.2) is 4.79 Å². The SMILES string of the molecule is N[C@H](C(=O)O)c1ccc(C(=O)O)cc1Cl. The third-order valence-electron chi connectivity index (χ3n) is 1.85. The number of hydrogen-bond donors (Lipinski definition) is 3. The molecule has 0 aliphatic heterocycles. The molecule has 4 N–H and O–H groups in total. The number of rotatable bonds is 3. The van der Waals surface area contributed by atoms with Crippen molar-refractivity contribution in [1.29, 1.82) is 0 Å². The van der Waals surface area contributed by atoms with Crippen LogP contribution in [0.3, 0.4) is 0 Å². The van der Waals surface area contributed by atoms with E-state index in [0.717, 1.165) is 0 Å². The fraction of sp³-hybridized carbons (Fsp3) is 0.111. The van der Waals surface area contributed by atoms with E-state index in [0.29, 0.717) is 0 Å². The second kappa shape index (κ2) is 4.29. The predicted molar refractivity (Wildman–Crippen MR) is 53.0 cm³/mol. The number of nitrogens with two attached hydrogens (primary N) is 1. The summed E-state index contributed by atoms with van der Waals surface area (Å²) in [6, 6.07) is 2.47. The smallest absolute Gasteiger partial charge is 0.335 e. The molecule has 1 atom stereocenters. The summed E-state index contributed by atoms with van der Waals surface area (Å²) in [6.45, 7) is 0. The van der Waals surface area contributed by atoms with Gasteiger partial charge in [0.25, 0.3) is 0 Å². The van der Waals surface area contributed by atoms with Crippen molar-refractivity contribution in [3.63, 3.8) is 0 Å². The Labute approximate surface area is 90.1 Å². The van der Waals surface area contributed by atoms with Crippen LogP contribution in [0.2, 0.25) is 5.02 Å². The predicted octanol–water partition coefficient (Wildman–Crippen LogP) is 1.12. The lowest BCUT2D eigenvalue weighted by Gasteiger charge is -2.09. The highest BCUT2D eigenvalue weighted by atomic mass is 35.5. The summed E-state index contributed by atoms with van der Waals surface area (Å²) >= 11 is 5.71. The first-order valence-corrected chi connectivity index (χ1v) is 4.32. The minimum Gasteiger partial charge on any atom is -0.480 e. The number of carbonyl (C=O) groups is 2. The third kappa shape index (κ3) is 2.45. The van der Waals surface area contributed by atoms with Crippen molar-refractivity contribution in [2.24, 2.45) is 5.73 Å². The third-order valence-corrected chi connectivity index (χ3v) is 2.18. The van der Waals surface area contributed by atoms with Crippen molar-refractivity contribution >= 4 is 23.5 Å². The lowest BCUT2D eigenvalue weighted by Crippen LogP contribution is -2.21. The highest BCUT2D eigenvalue weighted by molar-refractivity contribution is 6.32. The van der Waals surface area contributed by atoms with Gasteiger partial charge in [-0.05, 0) is 17.7 Å². The van der Waals surface area contributed by atoms with Crippen LogP contribution in [0.25, 0.3) is 0 Å². The van der Waals surface area contributed by atoms with Crippen LogP contribution in [0.15, 0.2) is 18.2 Å². The van der Waals surface area contributed by atoms with Crippen molar-refractivity contribution in [2.45, 2.75) is 6.04 Å². The summed E-state index contributed by atoms with van der Waals surface area (Å²) in [5.41, 5.74) is 5.51. The number of halogens is 1. The molecule has 1 aromatic rings. The fourth-order valence-electron chi connectivity index (χ4n) is 1.05. The van der Waals surface area contributed by atoms with Crippen LogP contribution in [0.1, 0.15) is 22.0 Å². The molecule has 80 valence electrons. The Balaban J connectivity index is 3.13. The van der Waals surface area contributed by atoms with E-state index in [1.54, 1.807) is 0 Å². The van der Waals surface area contributed by atoms with Gasteiger partial charge < -0.3 is 15.9 Å². The molecule has 0 unspecified atom stereocenters. The topological polar surface area (TPSA) is 101 Å². The molecule has 1 aromatic carbocycles. The molecular formula is C9H8ClNO4. The zero-order chi connectivity index (χ0) is 11.6. The second-order valence-corrected chi connectivity index (χ2v) is 3.26. The van der Waals surface area contributed by atoms with Gasteiger partial charge in [-0.15, -0.1) is 0 Å². The summed E-state index contributed by atoms with van der Waals surface area (Å²) in [7, 11) is 0. The van der Waals surface area contributed by atoms with Gasteiger partial charge in [0, 0.05) is 5.02 Å². The van der Waals surface area contributed by atoms with E-state index < -0.39 is 18.0 Å². The molecule has 0 bridgehead atoms. The first kappa shape index (κ1) is 11.5. The van der Waals surface area contributed by atoms with Crippen LogP contribution in [0, 0.1) is 0 Å². The largest absolute Gasteiger partial charge is 0.480 e. The van der Waals surface area contributed by atoms with Crippen LogP contribution in [0.4, 0.5) is 0 Å². The van der Waals surface area contributed by atoms with Crippen molar-refractivity contribution in [2.75, 3.05) is 0 Å². The van der Waals surface area contributed by atoms with E-state index in [4.69, 9.17) is 27.5 Å². The Bertz CT molecular complexity index is 419. The van der Waals surface area contributed by atoms with Crippen LogP contribution < -0.4 is 5.73 Å². The Morgan fingerprint density at radius 3 is 2.33 bits per heavy atom. The number of aromatic carboxylic acids is 1. The molecule has 0 spiro atoms. The van der Waals surface area contributed by atoms with Gasteiger partial charge in [0.1, 0.15) is 6.04 Å². The Kier molecular flexibility index (Phi) is 3.28. The lowest BCUT2D eigenvalue weighted by molar-refractivity contribution is -0.138. The van der Waals surface area contributed by atoms with Gasteiger partial charge in [0.05, 0.1) is 5.56 Å². The van der Waals surface area contributed by atoms with Gasteiger partial charge in [-0.2, -0.15) is 0 Å². The maximum absolute atomic E-state index is 10.6. The molecular weight excluding hydrogens is 222 g/mol. The van der Waals surface area contributed by atoms with Crippen LogP contribution in [-0.2, 0) is 4.79 Å². The van der Waals surface area contributed by atoms with E-state index >= 15 is 0 Å². The molecule has 0 heterocycles. The molecule has 6 heteroatoms. The number of aliphatic carboxylic acids is 1. The van der Waals surface area contributed by atoms with Gasteiger partial charge in [0.15, 0.2) is 0 Å². The van der Waals surface area contributed by atoms with Crippen molar-refractivity contribution in [1.82, 2.24) is 0 Å². The molecule has 0 saturated carbocycles. The normalized spacial score (nSPS) is 12.1. The quantitative estimate of drug-likeness (QED) is 0.721. The van der Waals surface area contributed by atoms with E-state index in [1.165, 1.54) is 18.2 Å². The molecule has 0 aliphatic rings. The fourth-order valence-corrected chi connectivity index (χ4v) is 1.34. The van der Waals surface area contributed by atoms with Gasteiger partial charge >= 0.3 is 11.9 Å². The molecule has 15 heavy (non-hydrogen) atoms. The molecule has 0 aromatic heterocycles. The summed E-state index contributed by atoms with van der Waals surface area (Å²) in [6.07, 6.45) is 0. The average Bonchev–Trinajstić information content (AvgIpc) is 2.16. The molecule has 0 amide bonds. The Hall–Kier alpha value is -1.59. The standard InChI is InChI=1S/C9H8ClNO4/c10-6-3-4(8(12)13)1-2-5(6)7(11)9(14)15/h1-3,7H,11H2,(H,12,13)(H,14,15)/t7-/m0/s1. The minimum absolute atomic E-state index is 0.0126. The molecule has 0 fully saturated rings. The molecule has 0 radical (unpaired) electrons. The zero-order valence-corrected chi connectivity index (χ0v) is 8.23. The highest BCUT2D eigenvalue weighted by Gasteiger charge is 2.18. The summed E-state index contributed by atoms with van der Waals surface area (Å²) < 4.78 is 0. The average molecular weight is 230 g/mol. The Morgan fingerprint density at radius 1 is 1.33 bits per heavy atom.